The molecule has 2 N–H and O–H groups in total. The lowest BCUT2D eigenvalue weighted by Crippen LogP contribution is -2.36. The van der Waals surface area contributed by atoms with E-state index in [1.54, 1.807) is 0 Å². The first-order chi connectivity index (χ1) is 16.7. The first-order valence-corrected chi connectivity index (χ1v) is 11.8. The number of hydrogen-bond acceptors (Lipinski definition) is 6. The van der Waals surface area contributed by atoms with Gasteiger partial charge < -0.3 is 25.1 Å². The van der Waals surface area contributed by atoms with Crippen LogP contribution in [0.5, 0.6) is 5.75 Å². The van der Waals surface area contributed by atoms with Crippen LogP contribution in [0.1, 0.15) is 41.2 Å². The SMILES string of the molecule is N#Cc1ccc2c(c1)CCC[C@@H]2Oc1ccc(C=N)c(Nc2cccc(N3CCOCC3)c2)c1. The number of nitriles is 1. The summed E-state index contributed by atoms with van der Waals surface area (Å²) in [5, 5.41) is 20.6. The molecule has 6 heteroatoms. The number of hydrogen-bond donors (Lipinski definition) is 2. The molecular weight excluding hydrogens is 424 g/mol. The maximum atomic E-state index is 9.22. The van der Waals surface area contributed by atoms with Crippen molar-refractivity contribution >= 4 is 23.3 Å². The lowest BCUT2D eigenvalue weighted by atomic mass is 9.88. The Morgan fingerprint density at radius 1 is 1.09 bits per heavy atom. The highest BCUT2D eigenvalue weighted by Gasteiger charge is 2.22. The Balaban J connectivity index is 1.37. The van der Waals surface area contributed by atoms with Crippen molar-refractivity contribution in [1.82, 2.24) is 0 Å². The smallest absolute Gasteiger partial charge is 0.124 e. The molecule has 5 rings (SSSR count). The predicted octanol–water partition coefficient (Wildman–Crippen LogP) is 5.59. The molecule has 0 radical (unpaired) electrons. The van der Waals surface area contributed by atoms with E-state index < -0.39 is 0 Å². The number of aryl methyl sites for hydroxylation is 1. The van der Waals surface area contributed by atoms with Crippen LogP contribution in [0.3, 0.4) is 0 Å². The molecule has 0 amide bonds. The maximum absolute atomic E-state index is 9.22. The van der Waals surface area contributed by atoms with Gasteiger partial charge in [0.1, 0.15) is 11.9 Å². The number of morpholine rings is 1. The Morgan fingerprint density at radius 3 is 2.79 bits per heavy atom. The van der Waals surface area contributed by atoms with Crippen LogP contribution in [-0.2, 0) is 11.2 Å². The molecule has 0 saturated carbocycles. The highest BCUT2D eigenvalue weighted by atomic mass is 16.5. The second-order valence-corrected chi connectivity index (χ2v) is 8.69. The van der Waals surface area contributed by atoms with Crippen molar-refractivity contribution < 1.29 is 9.47 Å². The fourth-order valence-electron chi connectivity index (χ4n) is 4.73. The molecule has 0 aromatic heterocycles. The van der Waals surface area contributed by atoms with Gasteiger partial charge in [0.2, 0.25) is 0 Å². The molecule has 1 heterocycles. The topological polar surface area (TPSA) is 81.4 Å². The summed E-state index contributed by atoms with van der Waals surface area (Å²) >= 11 is 0. The molecule has 2 aliphatic rings. The van der Waals surface area contributed by atoms with E-state index in [-0.39, 0.29) is 6.10 Å². The van der Waals surface area contributed by atoms with Crippen molar-refractivity contribution in [2.24, 2.45) is 0 Å². The van der Waals surface area contributed by atoms with Gasteiger partial charge in [0.25, 0.3) is 0 Å². The van der Waals surface area contributed by atoms with Crippen molar-refractivity contribution in [3.8, 4) is 11.8 Å². The van der Waals surface area contributed by atoms with Crippen LogP contribution < -0.4 is 15.0 Å². The van der Waals surface area contributed by atoms with E-state index >= 15 is 0 Å². The molecule has 172 valence electrons. The van der Waals surface area contributed by atoms with Gasteiger partial charge >= 0.3 is 0 Å². The second-order valence-electron chi connectivity index (χ2n) is 8.69. The summed E-state index contributed by atoms with van der Waals surface area (Å²) in [7, 11) is 0. The molecule has 3 aromatic carbocycles. The summed E-state index contributed by atoms with van der Waals surface area (Å²) in [4.78, 5) is 2.32. The highest BCUT2D eigenvalue weighted by Crippen LogP contribution is 2.36. The van der Waals surface area contributed by atoms with Crippen molar-refractivity contribution in [2.75, 3.05) is 36.5 Å². The standard InChI is InChI=1S/C28H28N4O2/c29-18-20-7-10-26-21(15-20)3-1-6-28(26)34-25-9-8-22(19-30)27(17-25)31-23-4-2-5-24(16-23)32-11-13-33-14-12-32/h2,4-5,7-10,15-17,19,28,30-31H,1,3,6,11-14H2/t28-/m0/s1. The summed E-state index contributed by atoms with van der Waals surface area (Å²) in [5.74, 6) is 0.764. The Morgan fingerprint density at radius 2 is 1.97 bits per heavy atom. The Labute approximate surface area is 200 Å². The summed E-state index contributed by atoms with van der Waals surface area (Å²) in [6.45, 7) is 3.27. The molecule has 0 spiro atoms. The maximum Gasteiger partial charge on any atom is 0.124 e. The van der Waals surface area contributed by atoms with E-state index in [0.29, 0.717) is 5.56 Å². The number of fused-ring (bicyclic) bond motifs is 1. The summed E-state index contributed by atoms with van der Waals surface area (Å²) in [6, 6.07) is 22.3. The van der Waals surface area contributed by atoms with Gasteiger partial charge in [0, 0.05) is 42.3 Å². The molecule has 1 aliphatic carbocycles. The number of anilines is 3. The van der Waals surface area contributed by atoms with Gasteiger partial charge in [-0.3, -0.25) is 0 Å². The van der Waals surface area contributed by atoms with Crippen LogP contribution in [0.15, 0.2) is 60.7 Å². The average molecular weight is 453 g/mol. The summed E-state index contributed by atoms with van der Waals surface area (Å²) in [6.07, 6.45) is 4.26. The summed E-state index contributed by atoms with van der Waals surface area (Å²) in [5.41, 5.74) is 6.82. The first kappa shape index (κ1) is 22.0. The van der Waals surface area contributed by atoms with Gasteiger partial charge in [0.15, 0.2) is 0 Å². The second kappa shape index (κ2) is 9.98. The highest BCUT2D eigenvalue weighted by molar-refractivity contribution is 5.88. The molecule has 1 fully saturated rings. The molecule has 0 unspecified atom stereocenters. The molecule has 3 aromatic rings. The normalized spacial score (nSPS) is 17.4. The molecule has 1 saturated heterocycles. The Hall–Kier alpha value is -3.82. The zero-order valence-electron chi connectivity index (χ0n) is 19.1. The van der Waals surface area contributed by atoms with Crippen molar-refractivity contribution in [3.63, 3.8) is 0 Å². The zero-order valence-corrected chi connectivity index (χ0v) is 19.1. The minimum atomic E-state index is -0.0418. The number of ether oxygens (including phenoxy) is 2. The van der Waals surface area contributed by atoms with E-state index in [4.69, 9.17) is 14.9 Å². The largest absolute Gasteiger partial charge is 0.486 e. The third kappa shape index (κ3) is 4.75. The van der Waals surface area contributed by atoms with Crippen molar-refractivity contribution in [1.29, 1.82) is 10.7 Å². The minimum absolute atomic E-state index is 0.0418. The van der Waals surface area contributed by atoms with Crippen molar-refractivity contribution in [2.45, 2.75) is 25.4 Å². The van der Waals surface area contributed by atoms with Crippen LogP contribution in [0.2, 0.25) is 0 Å². The third-order valence-electron chi connectivity index (χ3n) is 6.49. The summed E-state index contributed by atoms with van der Waals surface area (Å²) < 4.78 is 11.9. The van der Waals surface area contributed by atoms with Crippen molar-refractivity contribution in [3.05, 3.63) is 82.9 Å². The Bertz CT molecular complexity index is 1230. The lowest BCUT2D eigenvalue weighted by molar-refractivity contribution is 0.122. The zero-order chi connectivity index (χ0) is 23.3. The number of nitrogens with one attached hydrogen (secondary N) is 2. The van der Waals surface area contributed by atoms with Gasteiger partial charge in [-0.15, -0.1) is 0 Å². The molecule has 1 aliphatic heterocycles. The van der Waals surface area contributed by atoms with Gasteiger partial charge in [-0.2, -0.15) is 5.26 Å². The first-order valence-electron chi connectivity index (χ1n) is 11.8. The van der Waals surface area contributed by atoms with E-state index in [9.17, 15) is 5.26 Å². The van der Waals surface area contributed by atoms with E-state index in [0.717, 1.165) is 79.5 Å². The molecular formula is C28H28N4O2. The lowest BCUT2D eigenvalue weighted by Gasteiger charge is -2.29. The van der Waals surface area contributed by atoms with Gasteiger partial charge in [-0.25, -0.2) is 0 Å². The number of rotatable bonds is 6. The fourth-order valence-corrected chi connectivity index (χ4v) is 4.73. The van der Waals surface area contributed by atoms with Gasteiger partial charge in [0.05, 0.1) is 30.5 Å². The van der Waals surface area contributed by atoms with Crippen LogP contribution >= 0.6 is 0 Å². The third-order valence-corrected chi connectivity index (χ3v) is 6.49. The minimum Gasteiger partial charge on any atom is -0.486 e. The van der Waals surface area contributed by atoms with Crippen LogP contribution in [0.25, 0.3) is 0 Å². The average Bonchev–Trinajstić information content (AvgIpc) is 2.89. The van der Waals surface area contributed by atoms with E-state index in [1.165, 1.54) is 11.8 Å². The quantitative estimate of drug-likeness (QED) is 0.476. The number of nitrogens with zero attached hydrogens (tertiary/aromatic N) is 2. The van der Waals surface area contributed by atoms with Crippen LogP contribution in [0, 0.1) is 16.7 Å². The molecule has 34 heavy (non-hydrogen) atoms. The Kier molecular flexibility index (Phi) is 6.46. The number of benzene rings is 3. The van der Waals surface area contributed by atoms with Gasteiger partial charge in [-0.1, -0.05) is 12.1 Å². The predicted molar refractivity (Wildman–Crippen MR) is 135 cm³/mol. The van der Waals surface area contributed by atoms with Crippen LogP contribution in [0.4, 0.5) is 17.1 Å². The molecule has 0 bridgehead atoms. The van der Waals surface area contributed by atoms with Gasteiger partial charge in [-0.05, 0) is 72.9 Å². The monoisotopic (exact) mass is 452 g/mol. The fraction of sp³-hybridized carbons (Fsp3) is 0.286. The molecule has 6 nitrogen and oxygen atoms in total. The van der Waals surface area contributed by atoms with E-state index in [1.807, 2.05) is 48.5 Å². The van der Waals surface area contributed by atoms with E-state index in [2.05, 4.69) is 28.4 Å². The molecule has 1 atom stereocenters. The van der Waals surface area contributed by atoms with Crippen LogP contribution in [-0.4, -0.2) is 32.5 Å².